The molecule has 1 unspecified atom stereocenters. The van der Waals surface area contributed by atoms with Gasteiger partial charge in [-0.05, 0) is 45.3 Å². The highest BCUT2D eigenvalue weighted by Gasteiger charge is 2.33. The molecule has 0 saturated carbocycles. The van der Waals surface area contributed by atoms with Crippen LogP contribution in [0, 0.1) is 0 Å². The van der Waals surface area contributed by atoms with Crippen LogP contribution < -0.4 is 11.1 Å². The minimum absolute atomic E-state index is 0.0613. The first-order valence-corrected chi connectivity index (χ1v) is 11.1. The first-order valence-electron chi connectivity index (χ1n) is 11.1. The van der Waals surface area contributed by atoms with Gasteiger partial charge in [0.05, 0.1) is 6.61 Å². The van der Waals surface area contributed by atoms with Crippen molar-refractivity contribution in [2.75, 3.05) is 66.0 Å². The molecule has 3 aliphatic heterocycles. The van der Waals surface area contributed by atoms with Crippen LogP contribution in [0.4, 0.5) is 9.59 Å². The second-order valence-corrected chi connectivity index (χ2v) is 8.09. The van der Waals surface area contributed by atoms with Crippen molar-refractivity contribution in [3.8, 4) is 0 Å². The van der Waals surface area contributed by atoms with E-state index >= 15 is 0 Å². The summed E-state index contributed by atoms with van der Waals surface area (Å²) >= 11 is 0. The Balaban J connectivity index is 0.000000208. The van der Waals surface area contributed by atoms with Crippen molar-refractivity contribution in [2.45, 2.75) is 51.1 Å². The predicted octanol–water partition coefficient (Wildman–Crippen LogP) is 0.340. The highest BCUT2D eigenvalue weighted by molar-refractivity contribution is 5.77. The van der Waals surface area contributed by atoms with Gasteiger partial charge >= 0.3 is 12.1 Å². The molecule has 3 aliphatic rings. The lowest BCUT2D eigenvalue weighted by Crippen LogP contribution is -2.45. The number of nitrogens with two attached hydrogens (primary N) is 1. The number of piperidine rings is 1. The van der Waals surface area contributed by atoms with Crippen LogP contribution in [0.15, 0.2) is 0 Å². The number of rotatable bonds is 8. The Morgan fingerprint density at radius 3 is 2.38 bits per heavy atom. The molecule has 4 amide bonds. The van der Waals surface area contributed by atoms with Crippen molar-refractivity contribution < 1.29 is 14.7 Å². The number of urea groups is 2. The van der Waals surface area contributed by atoms with Crippen LogP contribution in [-0.2, 0) is 0 Å². The van der Waals surface area contributed by atoms with Gasteiger partial charge in [0.15, 0.2) is 0 Å². The first-order chi connectivity index (χ1) is 14.0. The fourth-order valence-electron chi connectivity index (χ4n) is 4.38. The van der Waals surface area contributed by atoms with Crippen molar-refractivity contribution >= 4 is 12.1 Å². The molecule has 9 nitrogen and oxygen atoms in total. The second-order valence-electron chi connectivity index (χ2n) is 8.09. The Bertz CT molecular complexity index is 508. The second kappa shape index (κ2) is 12.2. The molecule has 0 bridgehead atoms. The third-order valence-electron chi connectivity index (χ3n) is 6.06. The molecule has 3 rings (SSSR count). The van der Waals surface area contributed by atoms with E-state index in [1.807, 2.05) is 16.8 Å². The molecule has 0 aromatic rings. The number of β-amino-alcohol motifs (C(OH)–C–C–N with tert-alkyl or cyclic N) is 1. The molecule has 0 aromatic heterocycles. The number of aliphatic hydroxyl groups excluding tert-OH is 1. The quantitative estimate of drug-likeness (QED) is 0.533. The summed E-state index contributed by atoms with van der Waals surface area (Å²) in [6, 6.07) is 1.03. The van der Waals surface area contributed by atoms with Crippen LogP contribution in [-0.4, -0.2) is 115 Å². The van der Waals surface area contributed by atoms with E-state index in [1.165, 1.54) is 0 Å². The molecular formula is C20H40N6O3. The summed E-state index contributed by atoms with van der Waals surface area (Å²) in [7, 11) is 1.85. The number of carbonyl (C=O) groups excluding carboxylic acids is 2. The topological polar surface area (TPSA) is 105 Å². The predicted molar refractivity (Wildman–Crippen MR) is 114 cm³/mol. The fraction of sp³-hybridized carbons (Fsp3) is 0.900. The monoisotopic (exact) mass is 412 g/mol. The van der Waals surface area contributed by atoms with Gasteiger partial charge in [-0.15, -0.1) is 0 Å². The largest absolute Gasteiger partial charge is 0.395 e. The highest BCUT2D eigenvalue weighted by Crippen LogP contribution is 2.18. The number of nitrogens with one attached hydrogen (secondary N) is 1. The van der Waals surface area contributed by atoms with E-state index in [9.17, 15) is 9.59 Å². The molecule has 0 radical (unpaired) electrons. The molecule has 3 heterocycles. The van der Waals surface area contributed by atoms with Crippen LogP contribution >= 0.6 is 0 Å². The van der Waals surface area contributed by atoms with Crippen LogP contribution in [0.3, 0.4) is 0 Å². The Morgan fingerprint density at radius 2 is 1.83 bits per heavy atom. The maximum atomic E-state index is 11.9. The Kier molecular flexibility index (Phi) is 9.96. The molecule has 1 atom stereocenters. The Hall–Kier alpha value is -1.58. The van der Waals surface area contributed by atoms with Crippen molar-refractivity contribution in [2.24, 2.45) is 5.73 Å². The van der Waals surface area contributed by atoms with Gasteiger partial charge in [0.2, 0.25) is 0 Å². The average Bonchev–Trinajstić information content (AvgIpc) is 3.26. The van der Waals surface area contributed by atoms with E-state index in [2.05, 4.69) is 12.2 Å². The van der Waals surface area contributed by atoms with Crippen molar-refractivity contribution in [3.63, 3.8) is 0 Å². The standard InChI is InChI=1S/C10H19N3O2.C10H21N3O/c14-8-7-12-5-6-13(10(12)15)9-1-3-11-4-2-9;1-3-4-9(5-6-11)13-8-7-12(2)10(13)14/h9,11,14H,1-8H2;9H,3-8,11H2,1-2H3. The van der Waals surface area contributed by atoms with E-state index in [0.29, 0.717) is 25.2 Å². The summed E-state index contributed by atoms with van der Waals surface area (Å²) in [4.78, 5) is 31.1. The number of amides is 4. The van der Waals surface area contributed by atoms with Gasteiger partial charge in [0, 0.05) is 51.9 Å². The number of likely N-dealkylation sites (N-methyl/N-ethyl adjacent to an activating group) is 1. The average molecular weight is 413 g/mol. The highest BCUT2D eigenvalue weighted by atomic mass is 16.3. The number of carbonyl (C=O) groups is 2. The number of aliphatic hydroxyl groups is 1. The van der Waals surface area contributed by atoms with Gasteiger partial charge in [0.1, 0.15) is 0 Å². The lowest BCUT2D eigenvalue weighted by atomic mass is 10.1. The summed E-state index contributed by atoms with van der Waals surface area (Å²) in [5.41, 5.74) is 5.56. The Labute approximate surface area is 175 Å². The maximum Gasteiger partial charge on any atom is 0.320 e. The summed E-state index contributed by atoms with van der Waals surface area (Å²) in [6.45, 7) is 8.66. The van der Waals surface area contributed by atoms with Crippen LogP contribution in [0.2, 0.25) is 0 Å². The third kappa shape index (κ3) is 6.45. The molecule has 29 heavy (non-hydrogen) atoms. The number of nitrogens with zero attached hydrogens (tertiary/aromatic N) is 4. The zero-order chi connectivity index (χ0) is 21.2. The van der Waals surface area contributed by atoms with E-state index in [4.69, 9.17) is 10.8 Å². The fourth-order valence-corrected chi connectivity index (χ4v) is 4.38. The summed E-state index contributed by atoms with van der Waals surface area (Å²) in [6.07, 6.45) is 5.21. The van der Waals surface area contributed by atoms with Crippen molar-refractivity contribution in [3.05, 3.63) is 0 Å². The van der Waals surface area contributed by atoms with E-state index in [1.54, 1.807) is 9.80 Å². The van der Waals surface area contributed by atoms with Gasteiger partial charge in [-0.2, -0.15) is 0 Å². The van der Waals surface area contributed by atoms with Crippen molar-refractivity contribution in [1.29, 1.82) is 0 Å². The minimum atomic E-state index is 0.0613. The van der Waals surface area contributed by atoms with E-state index in [0.717, 1.165) is 71.4 Å². The number of hydrogen-bond donors (Lipinski definition) is 3. The van der Waals surface area contributed by atoms with Gasteiger partial charge in [-0.3, -0.25) is 0 Å². The lowest BCUT2D eigenvalue weighted by Gasteiger charge is -2.31. The summed E-state index contributed by atoms with van der Waals surface area (Å²) in [5.74, 6) is 0. The minimum Gasteiger partial charge on any atom is -0.395 e. The van der Waals surface area contributed by atoms with Crippen LogP contribution in [0.5, 0.6) is 0 Å². The summed E-state index contributed by atoms with van der Waals surface area (Å²) < 4.78 is 0. The van der Waals surface area contributed by atoms with Gasteiger partial charge in [-0.1, -0.05) is 13.3 Å². The van der Waals surface area contributed by atoms with E-state index < -0.39 is 0 Å². The van der Waals surface area contributed by atoms with Crippen LogP contribution in [0.25, 0.3) is 0 Å². The number of hydrogen-bond acceptors (Lipinski definition) is 5. The van der Waals surface area contributed by atoms with Crippen molar-refractivity contribution in [1.82, 2.24) is 24.9 Å². The molecule has 4 N–H and O–H groups in total. The molecule has 168 valence electrons. The SMILES string of the molecule is CCCC(CCN)N1CCN(C)C1=O.O=C1N(CCO)CCN1C1CCNCC1. The smallest absolute Gasteiger partial charge is 0.320 e. The maximum absolute atomic E-state index is 11.9. The normalized spacial score (nSPS) is 21.7. The van der Waals surface area contributed by atoms with Gasteiger partial charge < -0.3 is 35.8 Å². The third-order valence-corrected chi connectivity index (χ3v) is 6.06. The molecule has 0 aromatic carbocycles. The molecular weight excluding hydrogens is 372 g/mol. The molecule has 0 spiro atoms. The molecule has 3 fully saturated rings. The lowest BCUT2D eigenvalue weighted by molar-refractivity contribution is 0.158. The molecule has 3 saturated heterocycles. The zero-order valence-corrected chi connectivity index (χ0v) is 18.2. The van der Waals surface area contributed by atoms with Crippen LogP contribution in [0.1, 0.15) is 39.0 Å². The summed E-state index contributed by atoms with van der Waals surface area (Å²) in [5, 5.41) is 12.1. The van der Waals surface area contributed by atoms with E-state index in [-0.39, 0.29) is 18.7 Å². The van der Waals surface area contributed by atoms with Gasteiger partial charge in [0.25, 0.3) is 0 Å². The molecule has 0 aliphatic carbocycles. The Morgan fingerprint density at radius 1 is 1.10 bits per heavy atom. The molecule has 9 heteroatoms. The zero-order valence-electron chi connectivity index (χ0n) is 18.2. The van der Waals surface area contributed by atoms with Gasteiger partial charge in [-0.25, -0.2) is 9.59 Å². The first kappa shape index (κ1) is 23.7.